The highest BCUT2D eigenvalue weighted by molar-refractivity contribution is 5.85. The van der Waals surface area contributed by atoms with Gasteiger partial charge < -0.3 is 15.5 Å². The highest BCUT2D eigenvalue weighted by Gasteiger charge is 2.16. The van der Waals surface area contributed by atoms with Crippen LogP contribution in [0, 0.1) is 0 Å². The van der Waals surface area contributed by atoms with Crippen molar-refractivity contribution < 1.29 is 4.74 Å². The Kier molecular flexibility index (Phi) is 11.3. The molecule has 0 atom stereocenters. The molecule has 2 heterocycles. The summed E-state index contributed by atoms with van der Waals surface area (Å²) in [5, 5.41) is 1.14. The molecular weight excluding hydrogens is 406 g/mol. The van der Waals surface area contributed by atoms with Crippen molar-refractivity contribution in [2.75, 3.05) is 26.2 Å². The third kappa shape index (κ3) is 7.54. The number of ether oxygens (including phenoxy) is 1. The Morgan fingerprint density at radius 2 is 2.06 bits per heavy atom. The number of benzene rings is 1. The van der Waals surface area contributed by atoms with Crippen LogP contribution in [0.2, 0.25) is 0 Å². The molecule has 1 aromatic carbocycles. The number of aromatic nitrogens is 1. The predicted octanol–water partition coefficient (Wildman–Crippen LogP) is 6.91. The average Bonchev–Trinajstić information content (AvgIpc) is 3.35. The first kappa shape index (κ1) is 26.3. The standard InChI is InChI=1S/C27H35N3O.C2H6/c1-4-21(3)8-6-9-22(5-2)25(20-28)23-13-16-30(17-14-23)18-19-31-27-11-7-10-26-24(27)12-15-29-26;1-2/h5-13,15,20,29H,4,14,16-19,28H2,1-3H3;1-2H3/b9-6-,21-8-,22-5+,25-20+;. The summed E-state index contributed by atoms with van der Waals surface area (Å²) in [6.07, 6.45) is 16.6. The molecule has 4 nitrogen and oxygen atoms in total. The van der Waals surface area contributed by atoms with Gasteiger partial charge in [-0.2, -0.15) is 0 Å². The number of hydrogen-bond donors (Lipinski definition) is 2. The van der Waals surface area contributed by atoms with E-state index in [1.807, 2.05) is 32.2 Å². The van der Waals surface area contributed by atoms with Crippen molar-refractivity contribution in [3.8, 4) is 5.75 Å². The first-order valence-corrected chi connectivity index (χ1v) is 12.2. The van der Waals surface area contributed by atoms with Crippen molar-refractivity contribution in [3.05, 3.63) is 89.3 Å². The fourth-order valence-electron chi connectivity index (χ4n) is 3.79. The Morgan fingerprint density at radius 3 is 2.73 bits per heavy atom. The van der Waals surface area contributed by atoms with Crippen LogP contribution in [-0.4, -0.2) is 36.1 Å². The number of aromatic amines is 1. The molecule has 0 amide bonds. The summed E-state index contributed by atoms with van der Waals surface area (Å²) in [5.41, 5.74) is 12.1. The number of nitrogens with one attached hydrogen (secondary N) is 1. The highest BCUT2D eigenvalue weighted by Crippen LogP contribution is 2.26. The van der Waals surface area contributed by atoms with Crippen molar-refractivity contribution in [3.63, 3.8) is 0 Å². The Balaban J connectivity index is 0.00000187. The van der Waals surface area contributed by atoms with Crippen LogP contribution in [0.1, 0.15) is 47.5 Å². The molecule has 4 heteroatoms. The SMILES string of the molecule is C/C=C(\C=C/C=C(/C)CC)C(=C\N)/C1=CCN(CCOc2cccc3[nH]ccc23)CC1.CC. The first-order chi connectivity index (χ1) is 16.2. The zero-order valence-electron chi connectivity index (χ0n) is 21.0. The Morgan fingerprint density at radius 1 is 1.24 bits per heavy atom. The summed E-state index contributed by atoms with van der Waals surface area (Å²) in [6.45, 7) is 13.9. The lowest BCUT2D eigenvalue weighted by Crippen LogP contribution is -2.33. The Hall–Kier alpha value is -2.98. The molecule has 1 aromatic heterocycles. The minimum absolute atomic E-state index is 0.680. The van der Waals surface area contributed by atoms with Crippen LogP contribution in [-0.2, 0) is 0 Å². The van der Waals surface area contributed by atoms with Crippen LogP contribution < -0.4 is 10.5 Å². The molecule has 1 aliphatic rings. The second-order valence-corrected chi connectivity index (χ2v) is 7.87. The average molecular weight is 448 g/mol. The number of nitrogens with two attached hydrogens (primary N) is 1. The minimum atomic E-state index is 0.680. The summed E-state index contributed by atoms with van der Waals surface area (Å²) in [6, 6.07) is 8.19. The van der Waals surface area contributed by atoms with E-state index in [0.717, 1.165) is 54.7 Å². The molecule has 0 aliphatic carbocycles. The van der Waals surface area contributed by atoms with E-state index in [1.54, 1.807) is 6.20 Å². The van der Waals surface area contributed by atoms with Gasteiger partial charge in [-0.15, -0.1) is 0 Å². The van der Waals surface area contributed by atoms with Crippen LogP contribution in [0.25, 0.3) is 10.9 Å². The van der Waals surface area contributed by atoms with E-state index in [2.05, 4.69) is 73.2 Å². The van der Waals surface area contributed by atoms with Gasteiger partial charge in [-0.3, -0.25) is 4.90 Å². The van der Waals surface area contributed by atoms with E-state index in [1.165, 1.54) is 16.7 Å². The smallest absolute Gasteiger partial charge is 0.128 e. The normalized spacial score (nSPS) is 16.0. The topological polar surface area (TPSA) is 54.3 Å². The molecule has 0 saturated carbocycles. The maximum Gasteiger partial charge on any atom is 0.128 e. The van der Waals surface area contributed by atoms with E-state index < -0.39 is 0 Å². The number of hydrogen-bond acceptors (Lipinski definition) is 3. The third-order valence-corrected chi connectivity index (χ3v) is 5.86. The van der Waals surface area contributed by atoms with E-state index in [9.17, 15) is 0 Å². The Bertz CT molecular complexity index is 1020. The van der Waals surface area contributed by atoms with Gasteiger partial charge in [0.05, 0.1) is 0 Å². The van der Waals surface area contributed by atoms with Crippen molar-refractivity contribution in [1.29, 1.82) is 0 Å². The second kappa shape index (κ2) is 14.2. The van der Waals surface area contributed by atoms with E-state index >= 15 is 0 Å². The first-order valence-electron chi connectivity index (χ1n) is 12.2. The molecule has 0 fully saturated rings. The molecule has 3 N–H and O–H groups in total. The molecule has 0 bridgehead atoms. The van der Waals surface area contributed by atoms with Crippen molar-refractivity contribution in [1.82, 2.24) is 9.88 Å². The van der Waals surface area contributed by atoms with Crippen molar-refractivity contribution >= 4 is 10.9 Å². The summed E-state index contributed by atoms with van der Waals surface area (Å²) in [7, 11) is 0. The zero-order valence-corrected chi connectivity index (χ0v) is 21.0. The van der Waals surface area contributed by atoms with Crippen molar-refractivity contribution in [2.24, 2.45) is 5.73 Å². The summed E-state index contributed by atoms with van der Waals surface area (Å²) >= 11 is 0. The number of nitrogens with zero attached hydrogens (tertiary/aromatic N) is 1. The van der Waals surface area contributed by atoms with Crippen LogP contribution in [0.5, 0.6) is 5.75 Å². The fourth-order valence-corrected chi connectivity index (χ4v) is 3.79. The van der Waals surface area contributed by atoms with Gasteiger partial charge in [0.1, 0.15) is 12.4 Å². The van der Waals surface area contributed by atoms with Crippen molar-refractivity contribution in [2.45, 2.75) is 47.5 Å². The van der Waals surface area contributed by atoms with Gasteiger partial charge in [0, 0.05) is 42.9 Å². The second-order valence-electron chi connectivity index (χ2n) is 7.87. The van der Waals surface area contributed by atoms with Gasteiger partial charge in [-0.05, 0) is 61.6 Å². The van der Waals surface area contributed by atoms with Crippen LogP contribution in [0.4, 0.5) is 0 Å². The summed E-state index contributed by atoms with van der Waals surface area (Å²) < 4.78 is 6.07. The molecule has 1 aliphatic heterocycles. The molecule has 0 unspecified atom stereocenters. The van der Waals surface area contributed by atoms with Gasteiger partial charge in [-0.25, -0.2) is 0 Å². The lowest BCUT2D eigenvalue weighted by Gasteiger charge is -2.27. The molecule has 3 rings (SSSR count). The van der Waals surface area contributed by atoms with E-state index in [-0.39, 0.29) is 0 Å². The molecule has 0 radical (unpaired) electrons. The van der Waals surface area contributed by atoms with E-state index in [0.29, 0.717) is 6.61 Å². The monoisotopic (exact) mass is 447 g/mol. The number of allylic oxidation sites excluding steroid dienone is 7. The molecule has 0 saturated heterocycles. The lowest BCUT2D eigenvalue weighted by molar-refractivity contribution is 0.220. The zero-order chi connectivity index (χ0) is 24.1. The van der Waals surface area contributed by atoms with Gasteiger partial charge >= 0.3 is 0 Å². The maximum absolute atomic E-state index is 6.07. The van der Waals surface area contributed by atoms with Crippen LogP contribution in [0.15, 0.2) is 89.3 Å². The summed E-state index contributed by atoms with van der Waals surface area (Å²) in [4.78, 5) is 5.65. The van der Waals surface area contributed by atoms with Crippen LogP contribution >= 0.6 is 0 Å². The molecule has 2 aromatic rings. The molecular formula is C29H41N3O. The van der Waals surface area contributed by atoms with Gasteiger partial charge in [0.2, 0.25) is 0 Å². The highest BCUT2D eigenvalue weighted by atomic mass is 16.5. The Labute approximate surface area is 200 Å². The third-order valence-electron chi connectivity index (χ3n) is 5.86. The minimum Gasteiger partial charge on any atom is -0.492 e. The number of H-pyrrole nitrogens is 1. The number of rotatable bonds is 9. The molecule has 0 spiro atoms. The largest absolute Gasteiger partial charge is 0.492 e. The summed E-state index contributed by atoms with van der Waals surface area (Å²) in [5.74, 6) is 0.942. The lowest BCUT2D eigenvalue weighted by atomic mass is 9.93. The van der Waals surface area contributed by atoms with Gasteiger partial charge in [0.25, 0.3) is 0 Å². The fraction of sp³-hybridized carbons (Fsp3) is 0.379. The van der Waals surface area contributed by atoms with Crippen LogP contribution in [0.3, 0.4) is 0 Å². The predicted molar refractivity (Wildman–Crippen MR) is 143 cm³/mol. The van der Waals surface area contributed by atoms with Gasteiger partial charge in [-0.1, -0.05) is 62.8 Å². The van der Waals surface area contributed by atoms with E-state index in [4.69, 9.17) is 10.5 Å². The van der Waals surface area contributed by atoms with Gasteiger partial charge in [0.15, 0.2) is 0 Å². The quantitative estimate of drug-likeness (QED) is 0.411. The molecule has 178 valence electrons. The molecule has 33 heavy (non-hydrogen) atoms. The number of fused-ring (bicyclic) bond motifs is 1. The maximum atomic E-state index is 6.07.